The Kier molecular flexibility index (Phi) is 5.10. The highest BCUT2D eigenvalue weighted by atomic mass is 35.5. The highest BCUT2D eigenvalue weighted by Crippen LogP contribution is 2.18. The number of carbonyl (C=O) groups is 3. The first-order chi connectivity index (χ1) is 11.3. The molecule has 0 aliphatic carbocycles. The van der Waals surface area contributed by atoms with Crippen LogP contribution in [0.15, 0.2) is 36.5 Å². The fourth-order valence-electron chi connectivity index (χ4n) is 1.88. The van der Waals surface area contributed by atoms with Gasteiger partial charge in [0.2, 0.25) is 5.91 Å². The molecule has 0 bridgehead atoms. The minimum atomic E-state index is -1.42. The fraction of sp³-hybridized carbons (Fsp3) is 0.0667. The molecule has 9 heteroatoms. The van der Waals surface area contributed by atoms with Crippen molar-refractivity contribution in [2.75, 3.05) is 0 Å². The van der Waals surface area contributed by atoms with E-state index in [0.29, 0.717) is 0 Å². The van der Waals surface area contributed by atoms with E-state index in [9.17, 15) is 23.9 Å². The number of primary amides is 1. The number of aromatic nitrogens is 1. The predicted molar refractivity (Wildman–Crippen MR) is 82.0 cm³/mol. The van der Waals surface area contributed by atoms with Gasteiger partial charge >= 0.3 is 5.97 Å². The van der Waals surface area contributed by atoms with Gasteiger partial charge < -0.3 is 16.2 Å². The number of nitrogens with zero attached hydrogens (tertiary/aromatic N) is 1. The maximum Gasteiger partial charge on any atom is 0.330 e. The Labute approximate surface area is 140 Å². The topological polar surface area (TPSA) is 122 Å². The first-order valence-corrected chi connectivity index (χ1v) is 6.92. The maximum atomic E-state index is 12.9. The lowest BCUT2D eigenvalue weighted by molar-refractivity contribution is -0.139. The predicted octanol–water partition coefficient (Wildman–Crippen LogP) is 1.53. The molecule has 1 atom stereocenters. The average Bonchev–Trinajstić information content (AvgIpc) is 2.53. The molecule has 1 aromatic heterocycles. The summed E-state index contributed by atoms with van der Waals surface area (Å²) in [5.41, 5.74) is 4.98. The van der Waals surface area contributed by atoms with Crippen molar-refractivity contribution in [1.82, 2.24) is 10.3 Å². The van der Waals surface area contributed by atoms with Crippen LogP contribution in [0.5, 0.6) is 0 Å². The van der Waals surface area contributed by atoms with E-state index >= 15 is 0 Å². The third-order valence-corrected chi connectivity index (χ3v) is 3.35. The molecule has 7 nitrogen and oxygen atoms in total. The fourth-order valence-corrected chi connectivity index (χ4v) is 2.13. The molecule has 4 N–H and O–H groups in total. The Morgan fingerprint density at radius 1 is 1.25 bits per heavy atom. The molecular formula is C15H11ClFN3O4. The van der Waals surface area contributed by atoms with Gasteiger partial charge in [-0.3, -0.25) is 9.59 Å². The average molecular weight is 352 g/mol. The molecule has 0 aliphatic heterocycles. The zero-order valence-corrected chi connectivity index (χ0v) is 12.7. The summed E-state index contributed by atoms with van der Waals surface area (Å²) in [4.78, 5) is 38.3. The van der Waals surface area contributed by atoms with Gasteiger partial charge in [-0.25, -0.2) is 14.2 Å². The van der Waals surface area contributed by atoms with Crippen LogP contribution in [0, 0.1) is 5.82 Å². The summed E-state index contributed by atoms with van der Waals surface area (Å²) >= 11 is 5.87. The summed E-state index contributed by atoms with van der Waals surface area (Å²) in [7, 11) is 0. The van der Waals surface area contributed by atoms with Gasteiger partial charge in [0, 0.05) is 6.20 Å². The number of carboxylic acid groups (broad SMARTS) is 1. The van der Waals surface area contributed by atoms with Crippen LogP contribution in [-0.2, 0) is 4.79 Å². The van der Waals surface area contributed by atoms with Crippen molar-refractivity contribution >= 4 is 29.4 Å². The van der Waals surface area contributed by atoms with Crippen molar-refractivity contribution in [3.05, 3.63) is 64.2 Å². The van der Waals surface area contributed by atoms with Gasteiger partial charge in [-0.2, -0.15) is 0 Å². The summed E-state index contributed by atoms with van der Waals surface area (Å²) in [5.74, 6) is -3.53. The molecule has 124 valence electrons. The largest absolute Gasteiger partial charge is 0.479 e. The molecule has 0 aliphatic rings. The molecule has 0 unspecified atom stereocenters. The number of benzene rings is 1. The van der Waals surface area contributed by atoms with E-state index in [0.717, 1.165) is 24.4 Å². The first kappa shape index (κ1) is 17.4. The second kappa shape index (κ2) is 7.05. The summed E-state index contributed by atoms with van der Waals surface area (Å²) in [6.07, 6.45) is 1.05. The van der Waals surface area contributed by atoms with E-state index in [1.54, 1.807) is 0 Å². The number of amides is 2. The van der Waals surface area contributed by atoms with Crippen molar-refractivity contribution in [1.29, 1.82) is 0 Å². The molecule has 1 heterocycles. The van der Waals surface area contributed by atoms with E-state index in [4.69, 9.17) is 17.3 Å². The minimum Gasteiger partial charge on any atom is -0.479 e. The molecule has 2 amide bonds. The molecule has 0 spiro atoms. The van der Waals surface area contributed by atoms with E-state index in [-0.39, 0.29) is 21.8 Å². The number of halogens is 2. The van der Waals surface area contributed by atoms with Crippen LogP contribution >= 0.6 is 11.6 Å². The van der Waals surface area contributed by atoms with Crippen molar-refractivity contribution in [2.45, 2.75) is 6.04 Å². The zero-order chi connectivity index (χ0) is 17.9. The maximum absolute atomic E-state index is 12.9. The van der Waals surface area contributed by atoms with Crippen molar-refractivity contribution < 1.29 is 23.9 Å². The van der Waals surface area contributed by atoms with Crippen LogP contribution in [0.4, 0.5) is 4.39 Å². The number of carbonyl (C=O) groups excluding carboxylic acids is 2. The highest BCUT2D eigenvalue weighted by molar-refractivity contribution is 6.33. The number of hydrogen-bond acceptors (Lipinski definition) is 4. The van der Waals surface area contributed by atoms with E-state index in [1.807, 2.05) is 0 Å². The Balaban J connectivity index is 2.27. The molecular weight excluding hydrogens is 341 g/mol. The summed E-state index contributed by atoms with van der Waals surface area (Å²) in [6, 6.07) is 4.35. The monoisotopic (exact) mass is 351 g/mol. The zero-order valence-electron chi connectivity index (χ0n) is 12.0. The lowest BCUT2D eigenvalue weighted by Gasteiger charge is -2.15. The smallest absolute Gasteiger partial charge is 0.330 e. The van der Waals surface area contributed by atoms with E-state index in [2.05, 4.69) is 10.3 Å². The van der Waals surface area contributed by atoms with Crippen LogP contribution < -0.4 is 11.1 Å². The second-order valence-electron chi connectivity index (χ2n) is 4.71. The van der Waals surface area contributed by atoms with Crippen LogP contribution in [-0.4, -0.2) is 27.9 Å². The first-order valence-electron chi connectivity index (χ1n) is 6.54. The van der Waals surface area contributed by atoms with Crippen molar-refractivity contribution in [2.24, 2.45) is 5.73 Å². The quantitative estimate of drug-likeness (QED) is 0.754. The van der Waals surface area contributed by atoms with Crippen molar-refractivity contribution in [3.63, 3.8) is 0 Å². The van der Waals surface area contributed by atoms with Gasteiger partial charge in [-0.05, 0) is 23.8 Å². The van der Waals surface area contributed by atoms with Crippen LogP contribution in [0.2, 0.25) is 5.02 Å². The van der Waals surface area contributed by atoms with Crippen LogP contribution in [0.1, 0.15) is 32.5 Å². The Bertz CT molecular complexity index is 811. The summed E-state index contributed by atoms with van der Waals surface area (Å²) in [5, 5.41) is 11.3. The second-order valence-corrected chi connectivity index (χ2v) is 5.12. The number of hydrogen-bond donors (Lipinski definition) is 3. The summed E-state index contributed by atoms with van der Waals surface area (Å²) < 4.78 is 12.9. The lowest BCUT2D eigenvalue weighted by atomic mass is 10.1. The number of carboxylic acids is 1. The number of nitrogens with two attached hydrogens (primary N) is 1. The normalized spacial score (nSPS) is 11.6. The molecule has 24 heavy (non-hydrogen) atoms. The summed E-state index contributed by atoms with van der Waals surface area (Å²) in [6.45, 7) is 0. The Morgan fingerprint density at radius 3 is 2.38 bits per heavy atom. The van der Waals surface area contributed by atoms with Gasteiger partial charge in [-0.15, -0.1) is 0 Å². The Hall–Kier alpha value is -3.00. The number of aliphatic carboxylic acids is 1. The third-order valence-electron chi connectivity index (χ3n) is 3.07. The van der Waals surface area contributed by atoms with Gasteiger partial charge in [0.1, 0.15) is 11.5 Å². The van der Waals surface area contributed by atoms with Gasteiger partial charge in [0.25, 0.3) is 5.91 Å². The van der Waals surface area contributed by atoms with Gasteiger partial charge in [0.15, 0.2) is 6.04 Å². The van der Waals surface area contributed by atoms with Gasteiger partial charge in [0.05, 0.1) is 10.6 Å². The molecule has 1 aromatic carbocycles. The van der Waals surface area contributed by atoms with E-state index in [1.165, 1.54) is 12.1 Å². The molecule has 0 fully saturated rings. The number of pyridine rings is 1. The minimum absolute atomic E-state index is 0.00451. The number of rotatable bonds is 5. The number of nitrogens with one attached hydrogen (secondary N) is 1. The molecule has 2 rings (SSSR count). The SMILES string of the molecule is NC(=O)c1cnc(C(=O)N[C@H](C(=O)O)c2ccc(F)cc2)c(Cl)c1. The molecule has 2 aromatic rings. The standard InChI is InChI=1S/C15H11ClFN3O4/c16-10-5-8(13(18)21)6-19-12(10)14(22)20-11(15(23)24)7-1-3-9(17)4-2-7/h1-6,11H,(H2,18,21)(H,20,22)(H,23,24)/t11-/m0/s1. The van der Waals surface area contributed by atoms with E-state index < -0.39 is 29.6 Å². The van der Waals surface area contributed by atoms with Crippen molar-refractivity contribution in [3.8, 4) is 0 Å². The third kappa shape index (κ3) is 3.85. The lowest BCUT2D eigenvalue weighted by Crippen LogP contribution is -2.34. The van der Waals surface area contributed by atoms with Gasteiger partial charge in [-0.1, -0.05) is 23.7 Å². The highest BCUT2D eigenvalue weighted by Gasteiger charge is 2.24. The molecule has 0 radical (unpaired) electrons. The van der Waals surface area contributed by atoms with Crippen LogP contribution in [0.3, 0.4) is 0 Å². The van der Waals surface area contributed by atoms with Crippen LogP contribution in [0.25, 0.3) is 0 Å². The molecule has 0 saturated carbocycles. The Morgan fingerprint density at radius 2 is 1.88 bits per heavy atom. The molecule has 0 saturated heterocycles.